The lowest BCUT2D eigenvalue weighted by Crippen LogP contribution is -1.87. The highest BCUT2D eigenvalue weighted by Crippen LogP contribution is 2.23. The molecule has 0 heterocycles. The summed E-state index contributed by atoms with van der Waals surface area (Å²) in [5, 5.41) is 0. The summed E-state index contributed by atoms with van der Waals surface area (Å²) in [5.74, 6) is 0. The lowest BCUT2D eigenvalue weighted by atomic mass is 10.0. The van der Waals surface area contributed by atoms with E-state index < -0.39 is 0 Å². The SMILES string of the molecule is [C-]#[N+]c1ccc(-c2ccc(CCCCCCCC)cc2)cc1. The molecular weight excluding hydrogens is 266 g/mol. The van der Waals surface area contributed by atoms with Crippen LogP contribution < -0.4 is 0 Å². The topological polar surface area (TPSA) is 4.36 Å². The molecule has 0 unspecified atom stereocenters. The number of benzene rings is 2. The standard InChI is InChI=1S/C21H25N/c1-3-4-5-6-7-8-9-18-10-12-19(13-11-18)20-14-16-21(22-2)17-15-20/h10-17H,3-9H2,1H3. The van der Waals surface area contributed by atoms with Crippen molar-refractivity contribution >= 4 is 5.69 Å². The summed E-state index contributed by atoms with van der Waals surface area (Å²) < 4.78 is 0. The molecule has 0 amide bonds. The molecule has 0 fully saturated rings. The van der Waals surface area contributed by atoms with Crippen molar-refractivity contribution in [2.24, 2.45) is 0 Å². The summed E-state index contributed by atoms with van der Waals surface area (Å²) >= 11 is 0. The molecule has 0 radical (unpaired) electrons. The van der Waals surface area contributed by atoms with E-state index >= 15 is 0 Å². The van der Waals surface area contributed by atoms with E-state index in [-0.39, 0.29) is 0 Å². The minimum Gasteiger partial charge on any atom is -0.238 e. The van der Waals surface area contributed by atoms with Gasteiger partial charge in [-0.05, 0) is 29.5 Å². The lowest BCUT2D eigenvalue weighted by molar-refractivity contribution is 0.607. The van der Waals surface area contributed by atoms with Crippen molar-refractivity contribution in [2.45, 2.75) is 51.9 Å². The summed E-state index contributed by atoms with van der Waals surface area (Å²) in [6.45, 7) is 9.25. The Hall–Kier alpha value is -2.07. The third-order valence-electron chi connectivity index (χ3n) is 4.10. The van der Waals surface area contributed by atoms with Gasteiger partial charge in [-0.3, -0.25) is 0 Å². The lowest BCUT2D eigenvalue weighted by Gasteiger charge is -2.05. The van der Waals surface area contributed by atoms with Gasteiger partial charge in [0.25, 0.3) is 0 Å². The Morgan fingerprint density at radius 3 is 1.86 bits per heavy atom. The summed E-state index contributed by atoms with van der Waals surface area (Å²) in [4.78, 5) is 3.43. The molecule has 1 nitrogen and oxygen atoms in total. The van der Waals surface area contributed by atoms with E-state index in [2.05, 4.69) is 36.0 Å². The zero-order valence-corrected chi connectivity index (χ0v) is 13.5. The Morgan fingerprint density at radius 1 is 0.727 bits per heavy atom. The van der Waals surface area contributed by atoms with E-state index in [4.69, 9.17) is 6.57 Å². The van der Waals surface area contributed by atoms with Crippen LogP contribution in [0.15, 0.2) is 48.5 Å². The number of hydrogen-bond donors (Lipinski definition) is 0. The number of nitrogens with zero attached hydrogens (tertiary/aromatic N) is 1. The van der Waals surface area contributed by atoms with E-state index in [1.165, 1.54) is 61.6 Å². The number of hydrogen-bond acceptors (Lipinski definition) is 0. The molecule has 2 aromatic carbocycles. The van der Waals surface area contributed by atoms with Crippen LogP contribution >= 0.6 is 0 Å². The molecular formula is C21H25N. The molecule has 0 aliphatic rings. The second-order valence-corrected chi connectivity index (χ2v) is 5.87. The maximum Gasteiger partial charge on any atom is 0.187 e. The second-order valence-electron chi connectivity index (χ2n) is 5.87. The molecule has 0 atom stereocenters. The van der Waals surface area contributed by atoms with Gasteiger partial charge in [0.15, 0.2) is 5.69 Å². The zero-order valence-electron chi connectivity index (χ0n) is 13.5. The molecule has 0 saturated heterocycles. The van der Waals surface area contributed by atoms with Crippen LogP contribution in [0.5, 0.6) is 0 Å². The van der Waals surface area contributed by atoms with Gasteiger partial charge in [0.05, 0.1) is 6.57 Å². The van der Waals surface area contributed by atoms with E-state index in [0.717, 1.165) is 0 Å². The molecule has 22 heavy (non-hydrogen) atoms. The number of aryl methyl sites for hydroxylation is 1. The molecule has 114 valence electrons. The second kappa shape index (κ2) is 9.05. The molecule has 2 aromatic rings. The number of unbranched alkanes of at least 4 members (excludes halogenated alkanes) is 5. The average Bonchev–Trinajstić information content (AvgIpc) is 2.59. The molecule has 0 aromatic heterocycles. The minimum absolute atomic E-state index is 0.698. The minimum atomic E-state index is 0.698. The molecule has 0 spiro atoms. The predicted molar refractivity (Wildman–Crippen MR) is 95.2 cm³/mol. The molecule has 1 heteroatoms. The molecule has 2 rings (SSSR count). The molecule has 0 aliphatic carbocycles. The van der Waals surface area contributed by atoms with Crippen LogP contribution in [-0.4, -0.2) is 0 Å². The van der Waals surface area contributed by atoms with Gasteiger partial charge >= 0.3 is 0 Å². The maximum absolute atomic E-state index is 6.99. The van der Waals surface area contributed by atoms with Crippen molar-refractivity contribution in [3.8, 4) is 11.1 Å². The van der Waals surface area contributed by atoms with Gasteiger partial charge in [-0.25, -0.2) is 4.85 Å². The summed E-state index contributed by atoms with van der Waals surface area (Å²) in [6, 6.07) is 16.7. The highest BCUT2D eigenvalue weighted by Gasteiger charge is 1.99. The molecule has 0 N–H and O–H groups in total. The number of rotatable bonds is 8. The zero-order chi connectivity index (χ0) is 15.6. The van der Waals surface area contributed by atoms with Gasteiger partial charge in [-0.2, -0.15) is 0 Å². The fourth-order valence-corrected chi connectivity index (χ4v) is 2.70. The van der Waals surface area contributed by atoms with Gasteiger partial charge in [-0.15, -0.1) is 0 Å². The van der Waals surface area contributed by atoms with Crippen LogP contribution in [-0.2, 0) is 6.42 Å². The predicted octanol–water partition coefficient (Wildman–Crippen LogP) is 6.81. The van der Waals surface area contributed by atoms with Crippen LogP contribution in [0, 0.1) is 6.57 Å². The van der Waals surface area contributed by atoms with Gasteiger partial charge < -0.3 is 0 Å². The third kappa shape index (κ3) is 5.04. The highest BCUT2D eigenvalue weighted by molar-refractivity contribution is 5.66. The molecule has 0 saturated carbocycles. The van der Waals surface area contributed by atoms with E-state index in [0.29, 0.717) is 5.69 Å². The Kier molecular flexibility index (Phi) is 6.71. The first kappa shape index (κ1) is 16.3. The normalized spacial score (nSPS) is 10.4. The molecule has 0 aliphatic heterocycles. The first-order valence-corrected chi connectivity index (χ1v) is 8.40. The Balaban J connectivity index is 1.83. The van der Waals surface area contributed by atoms with Gasteiger partial charge in [-0.1, -0.05) is 87.6 Å². The van der Waals surface area contributed by atoms with Gasteiger partial charge in [0.1, 0.15) is 0 Å². The van der Waals surface area contributed by atoms with Crippen molar-refractivity contribution < 1.29 is 0 Å². The first-order valence-electron chi connectivity index (χ1n) is 8.40. The monoisotopic (exact) mass is 291 g/mol. The van der Waals surface area contributed by atoms with Crippen molar-refractivity contribution in [3.63, 3.8) is 0 Å². The van der Waals surface area contributed by atoms with Crippen molar-refractivity contribution in [3.05, 3.63) is 65.5 Å². The Labute approximate surface area is 134 Å². The third-order valence-corrected chi connectivity index (χ3v) is 4.10. The summed E-state index contributed by atoms with van der Waals surface area (Å²) in [7, 11) is 0. The van der Waals surface area contributed by atoms with Crippen LogP contribution in [0.2, 0.25) is 0 Å². The average molecular weight is 291 g/mol. The fraction of sp³-hybridized carbons (Fsp3) is 0.381. The first-order chi connectivity index (χ1) is 10.8. The molecule has 0 bridgehead atoms. The maximum atomic E-state index is 6.99. The Bertz CT molecular complexity index is 587. The van der Waals surface area contributed by atoms with Gasteiger partial charge in [0.2, 0.25) is 0 Å². The van der Waals surface area contributed by atoms with E-state index in [9.17, 15) is 0 Å². The van der Waals surface area contributed by atoms with Crippen LogP contribution in [0.4, 0.5) is 5.69 Å². The van der Waals surface area contributed by atoms with Crippen molar-refractivity contribution in [1.82, 2.24) is 0 Å². The van der Waals surface area contributed by atoms with Gasteiger partial charge in [0, 0.05) is 0 Å². The Morgan fingerprint density at radius 2 is 1.27 bits per heavy atom. The highest BCUT2D eigenvalue weighted by atomic mass is 14.6. The largest absolute Gasteiger partial charge is 0.238 e. The van der Waals surface area contributed by atoms with Crippen LogP contribution in [0.3, 0.4) is 0 Å². The van der Waals surface area contributed by atoms with E-state index in [1.54, 1.807) is 0 Å². The van der Waals surface area contributed by atoms with Crippen LogP contribution in [0.1, 0.15) is 51.0 Å². The van der Waals surface area contributed by atoms with Crippen LogP contribution in [0.25, 0.3) is 16.0 Å². The van der Waals surface area contributed by atoms with Crippen molar-refractivity contribution in [2.75, 3.05) is 0 Å². The van der Waals surface area contributed by atoms with Crippen molar-refractivity contribution in [1.29, 1.82) is 0 Å². The fourth-order valence-electron chi connectivity index (χ4n) is 2.70. The van der Waals surface area contributed by atoms with E-state index in [1.807, 2.05) is 24.3 Å². The summed E-state index contributed by atoms with van der Waals surface area (Å²) in [5.41, 5.74) is 4.53. The summed E-state index contributed by atoms with van der Waals surface area (Å²) in [6.07, 6.45) is 9.28. The quantitative estimate of drug-likeness (QED) is 0.372. The smallest absolute Gasteiger partial charge is 0.187 e.